The van der Waals surface area contributed by atoms with E-state index in [1.54, 1.807) is 0 Å². The summed E-state index contributed by atoms with van der Waals surface area (Å²) in [5.74, 6) is 0. The third-order valence-corrected chi connectivity index (χ3v) is 17.9. The first-order valence-electron chi connectivity index (χ1n) is 29.3. The molecule has 0 amide bonds. The Morgan fingerprint density at radius 3 is 1.02 bits per heavy atom. The van der Waals surface area contributed by atoms with E-state index in [-0.39, 0.29) is 0 Å². The van der Waals surface area contributed by atoms with E-state index < -0.39 is 0 Å². The molecular weight excluding hydrogens is 1010 g/mol. The van der Waals surface area contributed by atoms with Crippen LogP contribution < -0.4 is 9.80 Å². The first-order chi connectivity index (χ1) is 41.6. The summed E-state index contributed by atoms with van der Waals surface area (Å²) in [4.78, 5) is 4.95. The van der Waals surface area contributed by atoms with Crippen molar-refractivity contribution >= 4 is 137 Å². The molecule has 0 saturated heterocycles. The van der Waals surface area contributed by atoms with E-state index in [1.807, 2.05) is 0 Å². The van der Waals surface area contributed by atoms with Gasteiger partial charge in [0.2, 0.25) is 0 Å². The van der Waals surface area contributed by atoms with Gasteiger partial charge >= 0.3 is 0 Å². The van der Waals surface area contributed by atoms with Gasteiger partial charge in [0.1, 0.15) is 0 Å². The van der Waals surface area contributed by atoms with E-state index in [1.165, 1.54) is 130 Å². The zero-order valence-corrected chi connectivity index (χ0v) is 46.2. The Morgan fingerprint density at radius 2 is 0.571 bits per heavy atom. The van der Waals surface area contributed by atoms with E-state index in [2.05, 4.69) is 313 Å². The van der Waals surface area contributed by atoms with Crippen LogP contribution in [-0.4, -0.2) is 0 Å². The van der Waals surface area contributed by atoms with Crippen molar-refractivity contribution in [2.75, 3.05) is 9.80 Å². The lowest BCUT2D eigenvalue weighted by atomic mass is 9.82. The lowest BCUT2D eigenvalue weighted by Crippen LogP contribution is -2.11. The second kappa shape index (κ2) is 19.4. The average Bonchev–Trinajstić information content (AvgIpc) is 1.43. The molecule has 2 heteroatoms. The summed E-state index contributed by atoms with van der Waals surface area (Å²) in [6.45, 7) is 0. The van der Waals surface area contributed by atoms with Crippen LogP contribution in [0.15, 0.2) is 297 Å². The maximum atomic E-state index is 2.51. The third-order valence-electron chi connectivity index (χ3n) is 17.9. The number of hydrogen-bond acceptors (Lipinski definition) is 2. The molecule has 1 aliphatic carbocycles. The lowest BCUT2D eigenvalue weighted by molar-refractivity contribution is 0.985. The molecule has 0 radical (unpaired) electrons. The van der Waals surface area contributed by atoms with E-state index in [4.69, 9.17) is 0 Å². The minimum Gasteiger partial charge on any atom is -0.310 e. The predicted octanol–water partition coefficient (Wildman–Crippen LogP) is 23.3. The van der Waals surface area contributed by atoms with Crippen LogP contribution in [0.3, 0.4) is 0 Å². The van der Waals surface area contributed by atoms with Crippen LogP contribution in [0.1, 0.15) is 17.5 Å². The second-order valence-electron chi connectivity index (χ2n) is 22.7. The second-order valence-corrected chi connectivity index (χ2v) is 22.7. The molecule has 2 nitrogen and oxygen atoms in total. The molecule has 0 saturated carbocycles. The molecule has 16 aromatic rings. The Kier molecular flexibility index (Phi) is 11.1. The molecule has 0 unspecified atom stereocenters. The SMILES string of the molecule is C1=Cc2cc(N(c3ccc4ccccc4c3)c3ccc4c(-c5cc6ccccc6c6ccccc56)c5cc(N(c6ccc7ccccc7c6)c6ccc7ccccc7c6)ccc5c(-c5cc6ccccc6c6ccccc56)c4c3)ccc2CC1. The highest BCUT2D eigenvalue weighted by atomic mass is 15.1. The third kappa shape index (κ3) is 7.87. The molecule has 0 atom stereocenters. The van der Waals surface area contributed by atoms with Gasteiger partial charge in [-0.15, -0.1) is 0 Å². The van der Waals surface area contributed by atoms with Gasteiger partial charge in [-0.25, -0.2) is 0 Å². The Labute approximate surface area is 487 Å². The van der Waals surface area contributed by atoms with E-state index in [9.17, 15) is 0 Å². The minimum absolute atomic E-state index is 1.05. The molecule has 17 rings (SSSR count). The van der Waals surface area contributed by atoms with Crippen molar-refractivity contribution in [2.45, 2.75) is 12.8 Å². The number of aryl methyl sites for hydroxylation is 1. The first-order valence-corrected chi connectivity index (χ1v) is 29.3. The molecule has 0 bridgehead atoms. The highest BCUT2D eigenvalue weighted by molar-refractivity contribution is 6.29. The van der Waals surface area contributed by atoms with Crippen molar-refractivity contribution in [3.8, 4) is 22.3 Å². The van der Waals surface area contributed by atoms with E-state index in [0.29, 0.717) is 0 Å². The average molecular weight is 1070 g/mol. The molecule has 392 valence electrons. The molecule has 1 aliphatic rings. The molecule has 0 heterocycles. The summed E-state index contributed by atoms with van der Waals surface area (Å²) in [7, 11) is 0. The van der Waals surface area contributed by atoms with Gasteiger partial charge < -0.3 is 9.80 Å². The fraction of sp³-hybridized carbons (Fsp3) is 0.0244. The highest BCUT2D eigenvalue weighted by Gasteiger charge is 2.26. The normalized spacial score (nSPS) is 12.4. The highest BCUT2D eigenvalue weighted by Crippen LogP contribution is 2.52. The fourth-order valence-electron chi connectivity index (χ4n) is 14.0. The van der Waals surface area contributed by atoms with Crippen LogP contribution in [-0.2, 0) is 6.42 Å². The van der Waals surface area contributed by atoms with E-state index in [0.717, 1.165) is 47.0 Å². The standard InChI is InChI=1S/C82H54N2/c1-5-21-57-45-63(37-33-53(57)17-1)83(64-38-34-54-18-2-6-22-58(54)46-64)67-41-43-75-79(51-67)81(77-49-61-25-9-11-27-69(61)71-29-13-15-31-73(71)77)76-44-42-68(52-80(76)82(75)78-50-62-26-10-12-28-70(62)72-30-14-16-32-74(72)78)84(65-39-35-55-19-3-7-23-59(55)47-65)66-40-36-56-20-4-8-24-60(56)48-66/h1-3,5-19,21-52H,4,20H2. The topological polar surface area (TPSA) is 6.48 Å². The number of allylic oxidation sites excluding steroid dienone is 1. The van der Waals surface area contributed by atoms with Crippen LogP contribution in [0.5, 0.6) is 0 Å². The van der Waals surface area contributed by atoms with Gasteiger partial charge in [0.05, 0.1) is 0 Å². The van der Waals surface area contributed by atoms with Gasteiger partial charge in [-0.1, -0.05) is 218 Å². The molecule has 0 fully saturated rings. The van der Waals surface area contributed by atoms with Gasteiger partial charge in [0.15, 0.2) is 0 Å². The van der Waals surface area contributed by atoms with Crippen LogP contribution in [0.2, 0.25) is 0 Å². The largest absolute Gasteiger partial charge is 0.310 e. The maximum Gasteiger partial charge on any atom is 0.0468 e. The summed E-state index contributed by atoms with van der Waals surface area (Å²) in [5, 5.41) is 21.8. The zero-order valence-electron chi connectivity index (χ0n) is 46.2. The van der Waals surface area contributed by atoms with Gasteiger partial charge in [-0.3, -0.25) is 0 Å². The van der Waals surface area contributed by atoms with Crippen LogP contribution in [0.25, 0.3) is 125 Å². The fourth-order valence-corrected chi connectivity index (χ4v) is 14.0. The van der Waals surface area contributed by atoms with Crippen molar-refractivity contribution in [3.63, 3.8) is 0 Å². The van der Waals surface area contributed by atoms with Crippen LogP contribution >= 0.6 is 0 Å². The predicted molar refractivity (Wildman–Crippen MR) is 362 cm³/mol. The molecular formula is C82H54N2. The number of hydrogen-bond donors (Lipinski definition) is 0. The first kappa shape index (κ1) is 48.0. The number of fused-ring (bicyclic) bond motifs is 12. The number of nitrogens with zero attached hydrogens (tertiary/aromatic N) is 2. The van der Waals surface area contributed by atoms with Crippen molar-refractivity contribution in [1.29, 1.82) is 0 Å². The van der Waals surface area contributed by atoms with Gasteiger partial charge in [0.25, 0.3) is 0 Å². The minimum atomic E-state index is 1.05. The zero-order chi connectivity index (χ0) is 55.2. The molecule has 0 spiro atoms. The summed E-state index contributed by atoms with van der Waals surface area (Å²) >= 11 is 0. The Balaban J connectivity index is 1.03. The van der Waals surface area contributed by atoms with Crippen LogP contribution in [0.4, 0.5) is 34.1 Å². The quantitative estimate of drug-likeness (QED) is 0.111. The van der Waals surface area contributed by atoms with E-state index >= 15 is 0 Å². The number of rotatable bonds is 8. The lowest BCUT2D eigenvalue weighted by Gasteiger charge is -2.29. The molecule has 0 aliphatic heterocycles. The summed E-state index contributed by atoms with van der Waals surface area (Å²) in [6.07, 6.45) is 6.74. The molecule has 84 heavy (non-hydrogen) atoms. The van der Waals surface area contributed by atoms with Gasteiger partial charge in [-0.2, -0.15) is 0 Å². The van der Waals surface area contributed by atoms with Crippen molar-refractivity contribution in [3.05, 3.63) is 308 Å². The summed E-state index contributed by atoms with van der Waals surface area (Å²) in [6, 6.07) is 109. The molecule has 0 aromatic heterocycles. The van der Waals surface area contributed by atoms with Crippen molar-refractivity contribution < 1.29 is 0 Å². The summed E-state index contributed by atoms with van der Waals surface area (Å²) in [5.41, 5.74) is 14.1. The van der Waals surface area contributed by atoms with Gasteiger partial charge in [0, 0.05) is 34.1 Å². The van der Waals surface area contributed by atoms with Crippen molar-refractivity contribution in [2.24, 2.45) is 0 Å². The summed E-state index contributed by atoms with van der Waals surface area (Å²) < 4.78 is 0. The molecule has 16 aromatic carbocycles. The monoisotopic (exact) mass is 1070 g/mol. The van der Waals surface area contributed by atoms with Gasteiger partial charge in [-0.05, 0) is 228 Å². The Morgan fingerprint density at radius 1 is 0.226 bits per heavy atom. The molecule has 0 N–H and O–H groups in total. The van der Waals surface area contributed by atoms with Crippen LogP contribution in [0, 0.1) is 0 Å². The number of anilines is 6. The Hall–Kier alpha value is -10.8. The maximum absolute atomic E-state index is 2.51. The smallest absolute Gasteiger partial charge is 0.0468 e. The van der Waals surface area contributed by atoms with Crippen molar-refractivity contribution in [1.82, 2.24) is 0 Å². The Bertz CT molecular complexity index is 5340. The number of benzene rings is 16.